The molecule has 1 atom stereocenters. The summed E-state index contributed by atoms with van der Waals surface area (Å²) in [5, 5.41) is 15.2. The Hall–Kier alpha value is -1.78. The molecule has 0 spiro atoms. The third kappa shape index (κ3) is 2.86. The van der Waals surface area contributed by atoms with E-state index in [1.54, 1.807) is 13.8 Å². The lowest BCUT2D eigenvalue weighted by Gasteiger charge is -2.10. The molecule has 0 aliphatic heterocycles. The lowest BCUT2D eigenvalue weighted by Crippen LogP contribution is -2.27. The zero-order valence-corrected chi connectivity index (χ0v) is 12.2. The Kier molecular flexibility index (Phi) is 3.88. The number of hydrogen-bond acceptors (Lipinski definition) is 6. The van der Waals surface area contributed by atoms with Crippen LogP contribution in [0.25, 0.3) is 0 Å². The standard InChI is InChI=1S/C10H12N4O4S2/c1-5-3-7(19-8(5)10(15)16)20(17,18)14-6(2)9-11-4-12-13-9/h3-4,6,14H,1-2H3,(H,15,16)(H,11,12,13). The molecule has 0 radical (unpaired) electrons. The minimum atomic E-state index is -3.80. The van der Waals surface area contributed by atoms with Gasteiger partial charge in [-0.3, -0.25) is 5.10 Å². The van der Waals surface area contributed by atoms with Gasteiger partial charge < -0.3 is 5.11 Å². The van der Waals surface area contributed by atoms with Crippen molar-refractivity contribution in [1.82, 2.24) is 19.9 Å². The monoisotopic (exact) mass is 316 g/mol. The van der Waals surface area contributed by atoms with Gasteiger partial charge in [0.1, 0.15) is 21.2 Å². The third-order valence-electron chi connectivity index (χ3n) is 2.53. The molecule has 2 aromatic rings. The lowest BCUT2D eigenvalue weighted by molar-refractivity contribution is 0.0701. The normalized spacial score (nSPS) is 13.3. The molecular weight excluding hydrogens is 304 g/mol. The van der Waals surface area contributed by atoms with Gasteiger partial charge in [0, 0.05) is 0 Å². The van der Waals surface area contributed by atoms with Crippen molar-refractivity contribution in [1.29, 1.82) is 0 Å². The molecule has 8 nitrogen and oxygen atoms in total. The average Bonchev–Trinajstić information content (AvgIpc) is 2.96. The second-order valence-electron chi connectivity index (χ2n) is 4.10. The summed E-state index contributed by atoms with van der Waals surface area (Å²) in [6.45, 7) is 3.16. The second-order valence-corrected chi connectivity index (χ2v) is 7.09. The van der Waals surface area contributed by atoms with Crippen molar-refractivity contribution in [3.8, 4) is 0 Å². The molecule has 0 aliphatic carbocycles. The van der Waals surface area contributed by atoms with Crippen LogP contribution in [0.1, 0.15) is 34.0 Å². The van der Waals surface area contributed by atoms with Crippen LogP contribution in [-0.2, 0) is 10.0 Å². The van der Waals surface area contributed by atoms with E-state index in [1.807, 2.05) is 0 Å². The second kappa shape index (κ2) is 5.31. The third-order valence-corrected chi connectivity index (χ3v) is 5.77. The van der Waals surface area contributed by atoms with Gasteiger partial charge in [0.05, 0.1) is 6.04 Å². The highest BCUT2D eigenvalue weighted by Gasteiger charge is 2.24. The van der Waals surface area contributed by atoms with Gasteiger partial charge in [-0.1, -0.05) is 0 Å². The fourth-order valence-corrected chi connectivity index (χ4v) is 4.17. The lowest BCUT2D eigenvalue weighted by atomic mass is 10.3. The van der Waals surface area contributed by atoms with Crippen molar-refractivity contribution in [2.24, 2.45) is 0 Å². The number of aromatic nitrogens is 3. The number of aromatic carboxylic acids is 1. The first-order chi connectivity index (χ1) is 9.31. The molecule has 2 rings (SSSR count). The summed E-state index contributed by atoms with van der Waals surface area (Å²) >= 11 is 0.718. The van der Waals surface area contributed by atoms with Gasteiger partial charge in [-0.05, 0) is 25.5 Å². The topological polar surface area (TPSA) is 125 Å². The molecular formula is C10H12N4O4S2. The quantitative estimate of drug-likeness (QED) is 0.753. The number of carbonyl (C=O) groups is 1. The SMILES string of the molecule is Cc1cc(S(=O)(=O)NC(C)c2ncn[nH]2)sc1C(=O)O. The molecule has 2 aromatic heterocycles. The summed E-state index contributed by atoms with van der Waals surface area (Å²) in [5.41, 5.74) is 0.412. The van der Waals surface area contributed by atoms with Crippen molar-refractivity contribution in [2.75, 3.05) is 0 Å². The Morgan fingerprint density at radius 1 is 1.55 bits per heavy atom. The summed E-state index contributed by atoms with van der Waals surface area (Å²) in [6.07, 6.45) is 1.28. The van der Waals surface area contributed by atoms with E-state index in [9.17, 15) is 13.2 Å². The summed E-state index contributed by atoms with van der Waals surface area (Å²) in [4.78, 5) is 14.8. The Labute approximate surface area is 118 Å². The first kappa shape index (κ1) is 14.6. The summed E-state index contributed by atoms with van der Waals surface area (Å²) in [6, 6.07) is 0.738. The maximum absolute atomic E-state index is 12.2. The highest BCUT2D eigenvalue weighted by atomic mass is 32.2. The van der Waals surface area contributed by atoms with Gasteiger partial charge in [-0.2, -0.15) is 5.10 Å². The number of thiophene rings is 1. The van der Waals surface area contributed by atoms with Gasteiger partial charge in [0.15, 0.2) is 0 Å². The van der Waals surface area contributed by atoms with E-state index in [-0.39, 0.29) is 9.09 Å². The maximum atomic E-state index is 12.2. The Morgan fingerprint density at radius 3 is 2.75 bits per heavy atom. The van der Waals surface area contributed by atoms with Gasteiger partial charge in [0.2, 0.25) is 0 Å². The predicted molar refractivity (Wildman–Crippen MR) is 71.1 cm³/mol. The van der Waals surface area contributed by atoms with Crippen molar-refractivity contribution >= 4 is 27.3 Å². The van der Waals surface area contributed by atoms with Crippen LogP contribution >= 0.6 is 11.3 Å². The van der Waals surface area contributed by atoms with Crippen LogP contribution in [0.15, 0.2) is 16.6 Å². The van der Waals surface area contributed by atoms with E-state index in [0.717, 1.165) is 11.3 Å². The molecule has 1 unspecified atom stereocenters. The number of H-pyrrole nitrogens is 1. The average molecular weight is 316 g/mol. The summed E-state index contributed by atoms with van der Waals surface area (Å²) in [5.74, 6) is -0.766. The molecule has 0 fully saturated rings. The number of aromatic amines is 1. The van der Waals surface area contributed by atoms with E-state index in [2.05, 4.69) is 19.9 Å². The van der Waals surface area contributed by atoms with Crippen molar-refractivity contribution < 1.29 is 18.3 Å². The van der Waals surface area contributed by atoms with Gasteiger partial charge in [0.25, 0.3) is 10.0 Å². The van der Waals surface area contributed by atoms with Crippen LogP contribution in [0.3, 0.4) is 0 Å². The van der Waals surface area contributed by atoms with Crippen molar-refractivity contribution in [3.05, 3.63) is 28.7 Å². The number of carboxylic acids is 1. The van der Waals surface area contributed by atoms with Gasteiger partial charge in [-0.25, -0.2) is 22.9 Å². The number of nitrogens with zero attached hydrogens (tertiary/aromatic N) is 2. The maximum Gasteiger partial charge on any atom is 0.346 e. The number of aryl methyl sites for hydroxylation is 1. The first-order valence-corrected chi connectivity index (χ1v) is 7.82. The summed E-state index contributed by atoms with van der Waals surface area (Å²) in [7, 11) is -3.80. The van der Waals surface area contributed by atoms with Crippen molar-refractivity contribution in [3.63, 3.8) is 0 Å². The highest BCUT2D eigenvalue weighted by molar-refractivity contribution is 7.91. The minimum Gasteiger partial charge on any atom is -0.477 e. The molecule has 10 heteroatoms. The Morgan fingerprint density at radius 2 is 2.25 bits per heavy atom. The van der Waals surface area contributed by atoms with Crippen molar-refractivity contribution in [2.45, 2.75) is 24.1 Å². The van der Waals surface area contributed by atoms with E-state index in [1.165, 1.54) is 12.4 Å². The number of carboxylic acid groups (broad SMARTS) is 1. The minimum absolute atomic E-state index is 0.0118. The molecule has 0 aliphatic rings. The fraction of sp³-hybridized carbons (Fsp3) is 0.300. The van der Waals surface area contributed by atoms with E-state index < -0.39 is 22.0 Å². The Bertz CT molecular complexity index is 721. The molecule has 0 bridgehead atoms. The zero-order valence-electron chi connectivity index (χ0n) is 10.6. The van der Waals surface area contributed by atoms with Crippen LogP contribution in [0, 0.1) is 6.92 Å². The smallest absolute Gasteiger partial charge is 0.346 e. The van der Waals surface area contributed by atoms with Crippen LogP contribution in [-0.4, -0.2) is 34.7 Å². The molecule has 2 heterocycles. The molecule has 0 amide bonds. The van der Waals surface area contributed by atoms with E-state index in [0.29, 0.717) is 11.4 Å². The largest absolute Gasteiger partial charge is 0.477 e. The molecule has 0 saturated heterocycles. The molecule has 108 valence electrons. The summed E-state index contributed by atoms with van der Waals surface area (Å²) < 4.78 is 26.7. The fourth-order valence-electron chi connectivity index (χ4n) is 1.57. The van der Waals surface area contributed by atoms with Crippen LogP contribution in [0.2, 0.25) is 0 Å². The molecule has 3 N–H and O–H groups in total. The number of hydrogen-bond donors (Lipinski definition) is 3. The van der Waals surface area contributed by atoms with Crippen LogP contribution in [0.5, 0.6) is 0 Å². The molecule has 20 heavy (non-hydrogen) atoms. The van der Waals surface area contributed by atoms with Crippen LogP contribution in [0.4, 0.5) is 0 Å². The van der Waals surface area contributed by atoms with E-state index in [4.69, 9.17) is 5.11 Å². The first-order valence-electron chi connectivity index (χ1n) is 5.52. The van der Waals surface area contributed by atoms with Gasteiger partial charge >= 0.3 is 5.97 Å². The van der Waals surface area contributed by atoms with Gasteiger partial charge in [-0.15, -0.1) is 11.3 Å². The number of rotatable bonds is 5. The van der Waals surface area contributed by atoms with Crippen LogP contribution < -0.4 is 4.72 Å². The molecule has 0 saturated carbocycles. The predicted octanol–water partition coefficient (Wildman–Crippen LogP) is 0.912. The molecule has 0 aromatic carbocycles. The number of nitrogens with one attached hydrogen (secondary N) is 2. The zero-order chi connectivity index (χ0) is 14.9. The van der Waals surface area contributed by atoms with E-state index >= 15 is 0 Å². The Balaban J connectivity index is 2.27. The number of sulfonamides is 1. The highest BCUT2D eigenvalue weighted by Crippen LogP contribution is 2.26.